The molecule has 2 aromatic rings. The number of aliphatic hydroxyl groups excluding tert-OH is 1. The van der Waals surface area contributed by atoms with Crippen molar-refractivity contribution in [2.75, 3.05) is 20.8 Å². The Kier molecular flexibility index (Phi) is 7.00. The second kappa shape index (κ2) is 9.22. The highest BCUT2D eigenvalue weighted by atomic mass is 16.5. The Hall–Kier alpha value is -2.57. The lowest BCUT2D eigenvalue weighted by molar-refractivity contribution is -0.144. The van der Waals surface area contributed by atoms with Gasteiger partial charge >= 0.3 is 5.97 Å². The quantitative estimate of drug-likeness (QED) is 0.703. The molecule has 0 aliphatic heterocycles. The van der Waals surface area contributed by atoms with Gasteiger partial charge in [0.25, 0.3) is 0 Å². The van der Waals surface area contributed by atoms with Gasteiger partial charge in [-0.05, 0) is 42.2 Å². The molecule has 0 radical (unpaired) electrons. The van der Waals surface area contributed by atoms with E-state index in [9.17, 15) is 9.90 Å². The first-order valence-electron chi connectivity index (χ1n) is 8.41. The van der Waals surface area contributed by atoms with Crippen LogP contribution in [0.25, 0.3) is 11.1 Å². The Morgan fingerprint density at radius 3 is 2.12 bits per heavy atom. The Bertz CT molecular complexity index is 717. The summed E-state index contributed by atoms with van der Waals surface area (Å²) in [4.78, 5) is 11.7. The molecule has 140 valence electrons. The summed E-state index contributed by atoms with van der Waals surface area (Å²) < 4.78 is 15.9. The molecule has 0 aliphatic carbocycles. The molecule has 0 bridgehead atoms. The fourth-order valence-electron chi connectivity index (χ4n) is 2.74. The number of benzene rings is 2. The summed E-state index contributed by atoms with van der Waals surface area (Å²) in [5, 5.41) is 9.38. The Labute approximate surface area is 153 Å². The molecule has 0 saturated heterocycles. The van der Waals surface area contributed by atoms with Crippen molar-refractivity contribution in [3.05, 3.63) is 47.5 Å². The highest BCUT2D eigenvalue weighted by molar-refractivity contribution is 5.78. The van der Waals surface area contributed by atoms with Crippen molar-refractivity contribution < 1.29 is 24.1 Å². The van der Waals surface area contributed by atoms with Crippen LogP contribution < -0.4 is 15.2 Å². The molecule has 0 amide bonds. The molecule has 0 aromatic heterocycles. The van der Waals surface area contributed by atoms with E-state index in [-0.39, 0.29) is 6.61 Å². The Morgan fingerprint density at radius 1 is 1.08 bits per heavy atom. The average Bonchev–Trinajstić information content (AvgIpc) is 2.67. The first kappa shape index (κ1) is 19.8. The van der Waals surface area contributed by atoms with Crippen LogP contribution in [0.5, 0.6) is 11.5 Å². The third-order valence-corrected chi connectivity index (χ3v) is 4.04. The largest absolute Gasteiger partial charge is 0.496 e. The number of aliphatic hydroxyl groups is 1. The van der Waals surface area contributed by atoms with Crippen LogP contribution in [-0.4, -0.2) is 37.9 Å². The molecule has 1 unspecified atom stereocenters. The maximum Gasteiger partial charge on any atom is 0.323 e. The molecule has 0 aliphatic rings. The summed E-state index contributed by atoms with van der Waals surface area (Å²) in [6.07, 6.45) is 0.400. The van der Waals surface area contributed by atoms with Crippen LogP contribution in [0.3, 0.4) is 0 Å². The number of esters is 1. The van der Waals surface area contributed by atoms with Gasteiger partial charge in [-0.3, -0.25) is 4.79 Å². The first-order chi connectivity index (χ1) is 12.5. The van der Waals surface area contributed by atoms with Gasteiger partial charge in [-0.15, -0.1) is 0 Å². The van der Waals surface area contributed by atoms with E-state index >= 15 is 0 Å². The average molecular weight is 359 g/mol. The molecule has 0 heterocycles. The molecule has 1 atom stereocenters. The van der Waals surface area contributed by atoms with E-state index in [2.05, 4.69) is 0 Å². The lowest BCUT2D eigenvalue weighted by Gasteiger charge is -2.16. The van der Waals surface area contributed by atoms with Gasteiger partial charge in [-0.2, -0.15) is 0 Å². The van der Waals surface area contributed by atoms with Crippen molar-refractivity contribution in [1.82, 2.24) is 0 Å². The summed E-state index contributed by atoms with van der Waals surface area (Å²) in [5.41, 5.74) is 9.21. The van der Waals surface area contributed by atoms with Gasteiger partial charge in [0.2, 0.25) is 0 Å². The molecule has 6 heteroatoms. The molecule has 0 fully saturated rings. The molecule has 6 nitrogen and oxygen atoms in total. The molecular weight excluding hydrogens is 334 g/mol. The van der Waals surface area contributed by atoms with Crippen LogP contribution in [0.1, 0.15) is 18.1 Å². The third-order valence-electron chi connectivity index (χ3n) is 4.04. The van der Waals surface area contributed by atoms with Crippen molar-refractivity contribution in [3.63, 3.8) is 0 Å². The van der Waals surface area contributed by atoms with E-state index in [1.165, 1.54) is 0 Å². The maximum absolute atomic E-state index is 11.7. The van der Waals surface area contributed by atoms with Crippen LogP contribution in [0.4, 0.5) is 0 Å². The predicted molar refractivity (Wildman–Crippen MR) is 99.2 cm³/mol. The highest BCUT2D eigenvalue weighted by Gasteiger charge is 2.17. The number of rotatable bonds is 8. The number of methoxy groups -OCH3 is 2. The number of nitrogens with two attached hydrogens (primary N) is 1. The highest BCUT2D eigenvalue weighted by Crippen LogP contribution is 2.39. The normalized spacial score (nSPS) is 11.7. The van der Waals surface area contributed by atoms with Crippen molar-refractivity contribution in [3.8, 4) is 22.6 Å². The van der Waals surface area contributed by atoms with E-state index in [0.29, 0.717) is 30.1 Å². The minimum absolute atomic E-state index is 0.0995. The Balaban J connectivity index is 2.29. The second-order valence-corrected chi connectivity index (χ2v) is 5.79. The molecule has 0 spiro atoms. The van der Waals surface area contributed by atoms with Gasteiger partial charge < -0.3 is 25.1 Å². The smallest absolute Gasteiger partial charge is 0.323 e. The molecule has 2 aromatic carbocycles. The Morgan fingerprint density at radius 2 is 1.65 bits per heavy atom. The van der Waals surface area contributed by atoms with E-state index in [1.807, 2.05) is 24.3 Å². The van der Waals surface area contributed by atoms with E-state index < -0.39 is 12.0 Å². The number of carbonyl (C=O) groups excluding carboxylic acids is 1. The van der Waals surface area contributed by atoms with E-state index in [0.717, 1.165) is 16.7 Å². The summed E-state index contributed by atoms with van der Waals surface area (Å²) in [5.74, 6) is 0.827. The van der Waals surface area contributed by atoms with Gasteiger partial charge in [0, 0.05) is 0 Å². The van der Waals surface area contributed by atoms with Crippen molar-refractivity contribution >= 4 is 5.97 Å². The van der Waals surface area contributed by atoms with Crippen molar-refractivity contribution in [2.45, 2.75) is 26.0 Å². The number of carbonyl (C=O) groups is 1. The summed E-state index contributed by atoms with van der Waals surface area (Å²) in [6, 6.07) is 10.5. The fraction of sp³-hybridized carbons (Fsp3) is 0.350. The first-order valence-corrected chi connectivity index (χ1v) is 8.41. The van der Waals surface area contributed by atoms with Gasteiger partial charge in [-0.1, -0.05) is 24.3 Å². The molecule has 2 rings (SSSR count). The molecule has 26 heavy (non-hydrogen) atoms. The lowest BCUT2D eigenvalue weighted by Crippen LogP contribution is -2.34. The molecular formula is C20H25NO5. The fourth-order valence-corrected chi connectivity index (χ4v) is 2.74. The van der Waals surface area contributed by atoms with Gasteiger partial charge in [-0.25, -0.2) is 0 Å². The zero-order chi connectivity index (χ0) is 19.1. The minimum Gasteiger partial charge on any atom is -0.496 e. The van der Waals surface area contributed by atoms with Crippen LogP contribution in [-0.2, 0) is 22.6 Å². The zero-order valence-corrected chi connectivity index (χ0v) is 15.3. The second-order valence-electron chi connectivity index (χ2n) is 5.79. The summed E-state index contributed by atoms with van der Waals surface area (Å²) in [7, 11) is 3.15. The van der Waals surface area contributed by atoms with E-state index in [1.54, 1.807) is 33.3 Å². The predicted octanol–water partition coefficient (Wildman–Crippen LogP) is 2.30. The molecule has 3 N–H and O–H groups in total. The maximum atomic E-state index is 11.7. The molecule has 0 saturated carbocycles. The van der Waals surface area contributed by atoms with Crippen molar-refractivity contribution in [2.24, 2.45) is 5.73 Å². The van der Waals surface area contributed by atoms with Gasteiger partial charge in [0.05, 0.1) is 33.0 Å². The van der Waals surface area contributed by atoms with Gasteiger partial charge in [0.15, 0.2) is 0 Å². The van der Waals surface area contributed by atoms with Gasteiger partial charge in [0.1, 0.15) is 17.5 Å². The summed E-state index contributed by atoms with van der Waals surface area (Å²) >= 11 is 0. The van der Waals surface area contributed by atoms with Crippen LogP contribution in [0.2, 0.25) is 0 Å². The van der Waals surface area contributed by atoms with Crippen LogP contribution in [0.15, 0.2) is 36.4 Å². The summed E-state index contributed by atoms with van der Waals surface area (Å²) in [6.45, 7) is 1.97. The topological polar surface area (TPSA) is 91.0 Å². The number of hydrogen-bond donors (Lipinski definition) is 2. The lowest BCUT2D eigenvalue weighted by atomic mass is 9.98. The number of hydrogen-bond acceptors (Lipinski definition) is 6. The zero-order valence-electron chi connectivity index (χ0n) is 15.3. The SMILES string of the molecule is CCOC(=O)C(N)Cc1ccc(-c2c(OC)cc(CO)cc2OC)cc1. The van der Waals surface area contributed by atoms with Crippen LogP contribution in [0, 0.1) is 0 Å². The standard InChI is InChI=1S/C20H25NO5/c1-4-26-20(23)16(21)9-13-5-7-15(8-6-13)19-17(24-2)10-14(12-22)11-18(19)25-3/h5-8,10-11,16,22H,4,9,12,21H2,1-3H3. The number of ether oxygens (including phenoxy) is 3. The van der Waals surface area contributed by atoms with E-state index in [4.69, 9.17) is 19.9 Å². The van der Waals surface area contributed by atoms with Crippen LogP contribution >= 0.6 is 0 Å². The monoisotopic (exact) mass is 359 g/mol. The van der Waals surface area contributed by atoms with Crippen molar-refractivity contribution in [1.29, 1.82) is 0 Å². The third kappa shape index (κ3) is 4.53. The minimum atomic E-state index is -0.686.